The molecular formula is C16H15Cl2NOS. The van der Waals surface area contributed by atoms with Crippen molar-refractivity contribution in [2.75, 3.05) is 11.2 Å². The molecule has 0 aliphatic heterocycles. The molecule has 0 fully saturated rings. The SMILES string of the molecule is Cc1ccc(NC(=O)C(Cl)(CCl)Sc2ccccc2)cc1. The molecule has 0 radical (unpaired) electrons. The maximum atomic E-state index is 12.4. The number of carbonyl (C=O) groups excluding carboxylic acids is 1. The first kappa shape index (κ1) is 16.2. The van der Waals surface area contributed by atoms with E-state index in [9.17, 15) is 4.79 Å². The van der Waals surface area contributed by atoms with E-state index >= 15 is 0 Å². The highest BCUT2D eigenvalue weighted by Gasteiger charge is 2.36. The minimum atomic E-state index is -1.24. The van der Waals surface area contributed by atoms with Crippen LogP contribution in [0.3, 0.4) is 0 Å². The zero-order valence-electron chi connectivity index (χ0n) is 11.5. The molecule has 2 rings (SSSR count). The molecule has 0 aliphatic rings. The van der Waals surface area contributed by atoms with E-state index in [1.807, 2.05) is 61.5 Å². The fourth-order valence-corrected chi connectivity index (χ4v) is 3.14. The quantitative estimate of drug-likeness (QED) is 0.620. The minimum Gasteiger partial charge on any atom is -0.324 e. The number of carbonyl (C=O) groups is 1. The molecule has 5 heteroatoms. The second kappa shape index (κ2) is 7.21. The van der Waals surface area contributed by atoms with Crippen LogP contribution < -0.4 is 5.32 Å². The fraction of sp³-hybridized carbons (Fsp3) is 0.188. The summed E-state index contributed by atoms with van der Waals surface area (Å²) in [6.45, 7) is 1.99. The summed E-state index contributed by atoms with van der Waals surface area (Å²) in [6.07, 6.45) is 0. The molecule has 0 heterocycles. The lowest BCUT2D eigenvalue weighted by molar-refractivity contribution is -0.116. The maximum absolute atomic E-state index is 12.4. The highest BCUT2D eigenvalue weighted by atomic mass is 35.5. The Bertz CT molecular complexity index is 603. The summed E-state index contributed by atoms with van der Waals surface area (Å²) < 4.78 is -1.24. The number of amides is 1. The molecule has 21 heavy (non-hydrogen) atoms. The minimum absolute atomic E-state index is 0.00577. The smallest absolute Gasteiger partial charge is 0.257 e. The molecule has 0 aliphatic carbocycles. The molecule has 1 unspecified atom stereocenters. The third-order valence-corrected chi connectivity index (χ3v) is 5.24. The summed E-state index contributed by atoms with van der Waals surface area (Å²) in [7, 11) is 0. The van der Waals surface area contributed by atoms with Crippen LogP contribution in [-0.2, 0) is 4.79 Å². The van der Waals surface area contributed by atoms with Crippen molar-refractivity contribution in [3.05, 3.63) is 60.2 Å². The number of aryl methyl sites for hydroxylation is 1. The van der Waals surface area contributed by atoms with Gasteiger partial charge >= 0.3 is 0 Å². The third kappa shape index (κ3) is 4.40. The van der Waals surface area contributed by atoms with Gasteiger partial charge in [0.05, 0.1) is 5.88 Å². The van der Waals surface area contributed by atoms with E-state index in [2.05, 4.69) is 5.32 Å². The summed E-state index contributed by atoms with van der Waals surface area (Å²) in [4.78, 5) is 13.3. The Balaban J connectivity index is 2.11. The Labute approximate surface area is 138 Å². The molecule has 0 saturated carbocycles. The standard InChI is InChI=1S/C16H15Cl2NOS/c1-12-7-9-13(10-8-12)19-15(20)16(18,11-17)21-14-5-3-2-4-6-14/h2-10H,11H2,1H3,(H,19,20). The molecule has 2 aromatic carbocycles. The van der Waals surface area contributed by atoms with Crippen LogP contribution >= 0.6 is 35.0 Å². The summed E-state index contributed by atoms with van der Waals surface area (Å²) in [6, 6.07) is 17.0. The van der Waals surface area contributed by atoms with Crippen LogP contribution in [0.15, 0.2) is 59.5 Å². The molecule has 110 valence electrons. The molecule has 1 N–H and O–H groups in total. The van der Waals surface area contributed by atoms with Crippen molar-refractivity contribution in [2.24, 2.45) is 0 Å². The normalized spacial score (nSPS) is 13.5. The summed E-state index contributed by atoms with van der Waals surface area (Å²) in [5, 5.41) is 2.80. The van der Waals surface area contributed by atoms with Crippen LogP contribution in [0, 0.1) is 6.92 Å². The molecular weight excluding hydrogens is 325 g/mol. The Morgan fingerprint density at radius 2 is 1.76 bits per heavy atom. The first-order valence-electron chi connectivity index (χ1n) is 6.40. The lowest BCUT2D eigenvalue weighted by atomic mass is 10.2. The number of nitrogens with one attached hydrogen (secondary N) is 1. The average molecular weight is 340 g/mol. The second-order valence-electron chi connectivity index (χ2n) is 4.60. The summed E-state index contributed by atoms with van der Waals surface area (Å²) >= 11 is 13.6. The van der Waals surface area contributed by atoms with Gasteiger partial charge in [-0.1, -0.05) is 59.3 Å². The Kier molecular flexibility index (Phi) is 5.57. The third-order valence-electron chi connectivity index (χ3n) is 2.84. The van der Waals surface area contributed by atoms with Crippen molar-refractivity contribution in [3.8, 4) is 0 Å². The predicted molar refractivity (Wildman–Crippen MR) is 91.4 cm³/mol. The number of benzene rings is 2. The Hall–Kier alpha value is -1.16. The highest BCUT2D eigenvalue weighted by molar-refractivity contribution is 8.02. The molecule has 0 saturated heterocycles. The van der Waals surface area contributed by atoms with Gasteiger partial charge in [-0.25, -0.2) is 0 Å². The number of anilines is 1. The van der Waals surface area contributed by atoms with Gasteiger partial charge in [0.15, 0.2) is 4.21 Å². The monoisotopic (exact) mass is 339 g/mol. The van der Waals surface area contributed by atoms with Gasteiger partial charge in [0, 0.05) is 10.6 Å². The lowest BCUT2D eigenvalue weighted by Crippen LogP contribution is -2.36. The number of hydrogen-bond acceptors (Lipinski definition) is 2. The van der Waals surface area contributed by atoms with Gasteiger partial charge < -0.3 is 5.32 Å². The molecule has 0 bridgehead atoms. The number of rotatable bonds is 5. The topological polar surface area (TPSA) is 29.1 Å². The number of thioether (sulfide) groups is 1. The molecule has 0 aromatic heterocycles. The van der Waals surface area contributed by atoms with Crippen LogP contribution in [0.2, 0.25) is 0 Å². The van der Waals surface area contributed by atoms with Gasteiger partial charge in [-0.05, 0) is 31.2 Å². The summed E-state index contributed by atoms with van der Waals surface area (Å²) in [5.74, 6) is -0.317. The maximum Gasteiger partial charge on any atom is 0.257 e. The molecule has 1 atom stereocenters. The second-order valence-corrected chi connectivity index (χ2v) is 7.11. The van der Waals surface area contributed by atoms with Crippen LogP contribution in [0.25, 0.3) is 0 Å². The van der Waals surface area contributed by atoms with Crippen molar-refractivity contribution in [3.63, 3.8) is 0 Å². The fourth-order valence-electron chi connectivity index (χ4n) is 1.67. The summed E-state index contributed by atoms with van der Waals surface area (Å²) in [5.41, 5.74) is 1.83. The van der Waals surface area contributed by atoms with Crippen molar-refractivity contribution in [1.29, 1.82) is 0 Å². The van der Waals surface area contributed by atoms with E-state index in [1.165, 1.54) is 11.8 Å². The van der Waals surface area contributed by atoms with Gasteiger partial charge in [0.2, 0.25) is 0 Å². The van der Waals surface area contributed by atoms with Crippen molar-refractivity contribution in [1.82, 2.24) is 0 Å². The van der Waals surface area contributed by atoms with E-state index in [0.717, 1.165) is 10.5 Å². The van der Waals surface area contributed by atoms with Crippen LogP contribution in [-0.4, -0.2) is 16.0 Å². The van der Waals surface area contributed by atoms with Gasteiger partial charge in [0.1, 0.15) is 0 Å². The zero-order valence-corrected chi connectivity index (χ0v) is 13.8. The Morgan fingerprint density at radius 3 is 2.33 bits per heavy atom. The first-order valence-corrected chi connectivity index (χ1v) is 8.13. The Morgan fingerprint density at radius 1 is 1.14 bits per heavy atom. The number of halogens is 2. The van der Waals surface area contributed by atoms with Gasteiger partial charge in [0.25, 0.3) is 5.91 Å². The number of hydrogen-bond donors (Lipinski definition) is 1. The first-order chi connectivity index (χ1) is 10.0. The zero-order chi connectivity index (χ0) is 15.3. The number of alkyl halides is 2. The molecule has 0 spiro atoms. The van der Waals surface area contributed by atoms with Crippen molar-refractivity contribution < 1.29 is 4.79 Å². The van der Waals surface area contributed by atoms with Crippen LogP contribution in [0.4, 0.5) is 5.69 Å². The largest absolute Gasteiger partial charge is 0.324 e. The van der Waals surface area contributed by atoms with Gasteiger partial charge in [-0.15, -0.1) is 11.6 Å². The average Bonchev–Trinajstić information content (AvgIpc) is 2.50. The van der Waals surface area contributed by atoms with E-state index in [0.29, 0.717) is 5.69 Å². The van der Waals surface area contributed by atoms with Crippen LogP contribution in [0.5, 0.6) is 0 Å². The van der Waals surface area contributed by atoms with Crippen molar-refractivity contribution in [2.45, 2.75) is 16.0 Å². The van der Waals surface area contributed by atoms with Crippen LogP contribution in [0.1, 0.15) is 5.56 Å². The van der Waals surface area contributed by atoms with Gasteiger partial charge in [-0.3, -0.25) is 4.79 Å². The van der Waals surface area contributed by atoms with Crippen molar-refractivity contribution >= 4 is 46.6 Å². The highest BCUT2D eigenvalue weighted by Crippen LogP contribution is 2.38. The van der Waals surface area contributed by atoms with E-state index in [-0.39, 0.29) is 11.8 Å². The van der Waals surface area contributed by atoms with E-state index in [4.69, 9.17) is 23.2 Å². The van der Waals surface area contributed by atoms with E-state index < -0.39 is 4.21 Å². The predicted octanol–water partition coefficient (Wildman–Crippen LogP) is 4.90. The van der Waals surface area contributed by atoms with E-state index in [1.54, 1.807) is 0 Å². The lowest BCUT2D eigenvalue weighted by Gasteiger charge is -2.23. The molecule has 2 aromatic rings. The van der Waals surface area contributed by atoms with Gasteiger partial charge in [-0.2, -0.15) is 0 Å². The molecule has 2 nitrogen and oxygen atoms in total. The molecule has 1 amide bonds.